The summed E-state index contributed by atoms with van der Waals surface area (Å²) in [6.07, 6.45) is 2.62. The number of nitrogens with zero attached hydrogens (tertiary/aromatic N) is 1. The first-order valence-corrected chi connectivity index (χ1v) is 8.59. The lowest BCUT2D eigenvalue weighted by Gasteiger charge is -2.37. The zero-order chi connectivity index (χ0) is 17.1. The Morgan fingerprint density at radius 3 is 2.54 bits per heavy atom. The first kappa shape index (κ1) is 17.2. The molecule has 2 N–H and O–H groups in total. The Balaban J connectivity index is 1.50. The standard InChI is InChI=1S/C18H25FN2O3/c1-24-18(23)12-10-16(17(22)11-12)21-8-6-15(7-9-21)20-14-4-2-13(19)3-5-14/h2-5,12,15-17,20,22H,6-11H2,1H3. The number of carbonyl (C=O) groups excluding carboxylic acids is 1. The average molecular weight is 336 g/mol. The van der Waals surface area contributed by atoms with Crippen molar-refractivity contribution >= 4 is 11.7 Å². The van der Waals surface area contributed by atoms with Gasteiger partial charge in [0.1, 0.15) is 5.82 Å². The Kier molecular flexibility index (Phi) is 5.36. The number of ether oxygens (including phenoxy) is 1. The molecule has 3 unspecified atom stereocenters. The number of rotatable bonds is 4. The molecule has 2 aliphatic rings. The molecule has 0 bridgehead atoms. The van der Waals surface area contributed by atoms with Gasteiger partial charge in [0.15, 0.2) is 0 Å². The molecule has 1 saturated carbocycles. The highest BCUT2D eigenvalue weighted by atomic mass is 19.1. The van der Waals surface area contributed by atoms with Gasteiger partial charge in [-0.25, -0.2) is 4.39 Å². The molecule has 132 valence electrons. The molecule has 0 aromatic heterocycles. The number of hydrogen-bond donors (Lipinski definition) is 2. The molecule has 0 spiro atoms. The van der Waals surface area contributed by atoms with Gasteiger partial charge in [0.25, 0.3) is 0 Å². The number of anilines is 1. The molecule has 1 aromatic carbocycles. The molecule has 5 nitrogen and oxygen atoms in total. The van der Waals surface area contributed by atoms with Gasteiger partial charge in [0.2, 0.25) is 0 Å². The Morgan fingerprint density at radius 1 is 1.25 bits per heavy atom. The van der Waals surface area contributed by atoms with Gasteiger partial charge in [0, 0.05) is 30.9 Å². The maximum Gasteiger partial charge on any atom is 0.308 e. The first-order valence-electron chi connectivity index (χ1n) is 8.59. The fraction of sp³-hybridized carbons (Fsp3) is 0.611. The topological polar surface area (TPSA) is 61.8 Å². The second kappa shape index (κ2) is 7.49. The predicted octanol–water partition coefficient (Wildman–Crippen LogP) is 2.01. The van der Waals surface area contributed by atoms with Crippen molar-refractivity contribution < 1.29 is 19.0 Å². The van der Waals surface area contributed by atoms with Gasteiger partial charge in [-0.15, -0.1) is 0 Å². The third-order valence-corrected chi connectivity index (χ3v) is 5.24. The van der Waals surface area contributed by atoms with Crippen LogP contribution in [0.15, 0.2) is 24.3 Å². The second-order valence-corrected chi connectivity index (χ2v) is 6.79. The van der Waals surface area contributed by atoms with Crippen LogP contribution in [0, 0.1) is 11.7 Å². The Bertz CT molecular complexity index is 558. The van der Waals surface area contributed by atoms with Crippen LogP contribution in [0.4, 0.5) is 10.1 Å². The van der Waals surface area contributed by atoms with Crippen molar-refractivity contribution in [2.45, 2.75) is 43.9 Å². The molecule has 1 aliphatic carbocycles. The number of aliphatic hydroxyl groups is 1. The normalized spacial score (nSPS) is 28.7. The molecule has 24 heavy (non-hydrogen) atoms. The minimum absolute atomic E-state index is 0.0425. The molecular formula is C18H25FN2O3. The average Bonchev–Trinajstić information content (AvgIpc) is 2.99. The van der Waals surface area contributed by atoms with Gasteiger partial charge in [-0.3, -0.25) is 9.69 Å². The van der Waals surface area contributed by atoms with E-state index in [1.807, 2.05) is 0 Å². The Morgan fingerprint density at radius 2 is 1.92 bits per heavy atom. The van der Waals surface area contributed by atoms with Gasteiger partial charge in [-0.2, -0.15) is 0 Å². The molecule has 3 rings (SSSR count). The zero-order valence-electron chi connectivity index (χ0n) is 14.0. The summed E-state index contributed by atoms with van der Waals surface area (Å²) < 4.78 is 17.8. The van der Waals surface area contributed by atoms with E-state index in [0.717, 1.165) is 31.6 Å². The summed E-state index contributed by atoms with van der Waals surface area (Å²) in [6, 6.07) is 6.81. The van der Waals surface area contributed by atoms with Gasteiger partial charge < -0.3 is 15.2 Å². The maximum atomic E-state index is 12.9. The number of benzene rings is 1. The molecule has 0 amide bonds. The van der Waals surface area contributed by atoms with E-state index in [-0.39, 0.29) is 23.7 Å². The molecule has 6 heteroatoms. The highest BCUT2D eigenvalue weighted by Crippen LogP contribution is 2.32. The minimum Gasteiger partial charge on any atom is -0.469 e. The SMILES string of the molecule is COC(=O)C1CC(O)C(N2CCC(Nc3ccc(F)cc3)CC2)C1. The molecule has 1 heterocycles. The molecule has 1 aromatic rings. The number of esters is 1. The van der Waals surface area contributed by atoms with Crippen LogP contribution >= 0.6 is 0 Å². The summed E-state index contributed by atoms with van der Waals surface area (Å²) in [5, 5.41) is 13.7. The van der Waals surface area contributed by atoms with Crippen LogP contribution < -0.4 is 5.32 Å². The third kappa shape index (κ3) is 3.87. The van der Waals surface area contributed by atoms with Gasteiger partial charge in [0.05, 0.1) is 19.1 Å². The van der Waals surface area contributed by atoms with E-state index >= 15 is 0 Å². The lowest BCUT2D eigenvalue weighted by Crippen LogP contribution is -2.47. The molecule has 2 fully saturated rings. The maximum absolute atomic E-state index is 12.9. The van der Waals surface area contributed by atoms with Crippen molar-refractivity contribution in [2.24, 2.45) is 5.92 Å². The van der Waals surface area contributed by atoms with Crippen LogP contribution in [0.25, 0.3) is 0 Å². The van der Waals surface area contributed by atoms with Crippen molar-refractivity contribution in [1.82, 2.24) is 4.90 Å². The van der Waals surface area contributed by atoms with E-state index in [1.165, 1.54) is 19.2 Å². The number of aliphatic hydroxyl groups excluding tert-OH is 1. The van der Waals surface area contributed by atoms with Crippen LogP contribution in [-0.4, -0.2) is 54.4 Å². The smallest absolute Gasteiger partial charge is 0.308 e. The summed E-state index contributed by atoms with van der Waals surface area (Å²) in [5.41, 5.74) is 0.932. The van der Waals surface area contributed by atoms with E-state index in [1.54, 1.807) is 12.1 Å². The molecular weight excluding hydrogens is 311 g/mol. The second-order valence-electron chi connectivity index (χ2n) is 6.79. The van der Waals surface area contributed by atoms with E-state index in [4.69, 9.17) is 4.74 Å². The van der Waals surface area contributed by atoms with Crippen molar-refractivity contribution in [1.29, 1.82) is 0 Å². The largest absolute Gasteiger partial charge is 0.469 e. The monoisotopic (exact) mass is 336 g/mol. The molecule has 1 aliphatic heterocycles. The van der Waals surface area contributed by atoms with Crippen LogP contribution in [-0.2, 0) is 9.53 Å². The summed E-state index contributed by atoms with van der Waals surface area (Å²) >= 11 is 0. The minimum atomic E-state index is -0.462. The first-order chi connectivity index (χ1) is 11.6. The predicted molar refractivity (Wildman–Crippen MR) is 89.2 cm³/mol. The quantitative estimate of drug-likeness (QED) is 0.824. The van der Waals surface area contributed by atoms with Gasteiger partial charge >= 0.3 is 5.97 Å². The molecule has 1 saturated heterocycles. The number of carbonyl (C=O) groups is 1. The lowest BCUT2D eigenvalue weighted by atomic mass is 10.0. The van der Waals surface area contributed by atoms with Gasteiger partial charge in [-0.05, 0) is 49.9 Å². The third-order valence-electron chi connectivity index (χ3n) is 5.24. The van der Waals surface area contributed by atoms with Crippen molar-refractivity contribution in [2.75, 3.05) is 25.5 Å². The van der Waals surface area contributed by atoms with Crippen LogP contribution in [0.3, 0.4) is 0 Å². The molecule has 3 atom stereocenters. The van der Waals surface area contributed by atoms with Crippen LogP contribution in [0.5, 0.6) is 0 Å². The van der Waals surface area contributed by atoms with Crippen molar-refractivity contribution in [3.8, 4) is 0 Å². The zero-order valence-corrected chi connectivity index (χ0v) is 14.0. The number of nitrogens with one attached hydrogen (secondary N) is 1. The number of likely N-dealkylation sites (tertiary alicyclic amines) is 1. The Labute approximate surface area is 141 Å². The number of halogens is 1. The highest BCUT2D eigenvalue weighted by Gasteiger charge is 2.41. The summed E-state index contributed by atoms with van der Waals surface area (Å²) in [4.78, 5) is 14.0. The van der Waals surface area contributed by atoms with E-state index in [2.05, 4.69) is 10.2 Å². The van der Waals surface area contributed by atoms with Gasteiger partial charge in [-0.1, -0.05) is 0 Å². The highest BCUT2D eigenvalue weighted by molar-refractivity contribution is 5.72. The summed E-state index contributed by atoms with van der Waals surface area (Å²) in [7, 11) is 1.40. The lowest BCUT2D eigenvalue weighted by molar-refractivity contribution is -0.145. The number of hydrogen-bond acceptors (Lipinski definition) is 5. The van der Waals surface area contributed by atoms with Crippen LogP contribution in [0.1, 0.15) is 25.7 Å². The van der Waals surface area contributed by atoms with E-state index < -0.39 is 6.10 Å². The fourth-order valence-electron chi connectivity index (χ4n) is 3.90. The van der Waals surface area contributed by atoms with Crippen LogP contribution in [0.2, 0.25) is 0 Å². The van der Waals surface area contributed by atoms with E-state index in [0.29, 0.717) is 18.9 Å². The molecule has 0 radical (unpaired) electrons. The van der Waals surface area contributed by atoms with E-state index in [9.17, 15) is 14.3 Å². The Hall–Kier alpha value is -1.66. The summed E-state index contributed by atoms with van der Waals surface area (Å²) in [5.74, 6) is -0.639. The van der Waals surface area contributed by atoms with Crippen molar-refractivity contribution in [3.05, 3.63) is 30.1 Å². The van der Waals surface area contributed by atoms with Crippen molar-refractivity contribution in [3.63, 3.8) is 0 Å². The number of methoxy groups -OCH3 is 1. The fourth-order valence-corrected chi connectivity index (χ4v) is 3.90. The summed E-state index contributed by atoms with van der Waals surface area (Å²) in [6.45, 7) is 1.77. The number of piperidine rings is 1.